The zero-order valence-corrected chi connectivity index (χ0v) is 19.8. The van der Waals surface area contributed by atoms with Crippen LogP contribution >= 0.6 is 11.8 Å². The lowest BCUT2D eigenvalue weighted by Gasteiger charge is -2.24. The third kappa shape index (κ3) is 9.27. The normalized spacial score (nSPS) is 14.7. The molecule has 4 unspecified atom stereocenters. The molecule has 0 aliphatic heterocycles. The van der Waals surface area contributed by atoms with Gasteiger partial charge in [-0.05, 0) is 36.8 Å². The molecule has 0 saturated heterocycles. The van der Waals surface area contributed by atoms with Crippen molar-refractivity contribution in [1.82, 2.24) is 16.0 Å². The maximum Gasteiger partial charge on any atom is 0.326 e. The van der Waals surface area contributed by atoms with Gasteiger partial charge in [0.1, 0.15) is 18.1 Å². The Labute approximate surface area is 193 Å². The van der Waals surface area contributed by atoms with Crippen molar-refractivity contribution >= 4 is 35.5 Å². The number of nitrogens with one attached hydrogen (secondary N) is 3. The SMILES string of the molecule is CSCCC(NC(=O)C(N)C(C)C)C(=O)NC(C)C(=O)NC(Cc1ccccc1)C(=O)O. The molecule has 0 radical (unpaired) electrons. The van der Waals surface area contributed by atoms with E-state index in [2.05, 4.69) is 16.0 Å². The maximum atomic E-state index is 12.7. The third-order valence-corrected chi connectivity index (χ3v) is 5.56. The standard InChI is InChI=1S/C22H34N4O5S/c1-13(2)18(23)21(29)25-16(10-11-32-4)20(28)24-14(3)19(27)26-17(22(30)31)12-15-8-6-5-7-9-15/h5-9,13-14,16-18H,10-12,23H2,1-4H3,(H,24,28)(H,25,29)(H,26,27)(H,30,31). The van der Waals surface area contributed by atoms with E-state index in [4.69, 9.17) is 5.73 Å². The van der Waals surface area contributed by atoms with E-state index < -0.39 is 47.9 Å². The lowest BCUT2D eigenvalue weighted by molar-refractivity contribution is -0.142. The van der Waals surface area contributed by atoms with Crippen LogP contribution in [0.4, 0.5) is 0 Å². The van der Waals surface area contributed by atoms with Crippen molar-refractivity contribution in [3.63, 3.8) is 0 Å². The highest BCUT2D eigenvalue weighted by Crippen LogP contribution is 2.06. The van der Waals surface area contributed by atoms with Crippen LogP contribution in [0, 0.1) is 5.92 Å². The Morgan fingerprint density at radius 2 is 1.53 bits per heavy atom. The van der Waals surface area contributed by atoms with Crippen LogP contribution in [-0.4, -0.2) is 65.0 Å². The van der Waals surface area contributed by atoms with E-state index in [1.165, 1.54) is 18.7 Å². The molecular weight excluding hydrogens is 432 g/mol. The van der Waals surface area contributed by atoms with Gasteiger partial charge < -0.3 is 26.8 Å². The summed E-state index contributed by atoms with van der Waals surface area (Å²) in [4.78, 5) is 49.2. The summed E-state index contributed by atoms with van der Waals surface area (Å²) < 4.78 is 0. The van der Waals surface area contributed by atoms with Crippen LogP contribution in [0.1, 0.15) is 32.8 Å². The number of benzene rings is 1. The van der Waals surface area contributed by atoms with Crippen LogP contribution in [0.3, 0.4) is 0 Å². The van der Waals surface area contributed by atoms with Gasteiger partial charge in [-0.2, -0.15) is 11.8 Å². The molecule has 0 aromatic heterocycles. The number of amides is 3. The summed E-state index contributed by atoms with van der Waals surface area (Å²) in [6.07, 6.45) is 2.36. The summed E-state index contributed by atoms with van der Waals surface area (Å²) in [5.74, 6) is -2.24. The molecule has 0 aliphatic rings. The summed E-state index contributed by atoms with van der Waals surface area (Å²) in [7, 11) is 0. The number of aliphatic carboxylic acids is 1. The molecule has 9 nitrogen and oxygen atoms in total. The smallest absolute Gasteiger partial charge is 0.326 e. The zero-order valence-electron chi connectivity index (χ0n) is 19.0. The molecule has 0 bridgehead atoms. The Hall–Kier alpha value is -2.59. The molecule has 1 rings (SSSR count). The number of thioether (sulfide) groups is 1. The van der Waals surface area contributed by atoms with Gasteiger partial charge in [-0.15, -0.1) is 0 Å². The van der Waals surface area contributed by atoms with Crippen molar-refractivity contribution < 1.29 is 24.3 Å². The van der Waals surface area contributed by atoms with Gasteiger partial charge in [0.25, 0.3) is 0 Å². The number of carboxylic acid groups (broad SMARTS) is 1. The number of hydrogen-bond donors (Lipinski definition) is 5. The summed E-state index contributed by atoms with van der Waals surface area (Å²) in [5, 5.41) is 17.1. The molecule has 1 aromatic carbocycles. The van der Waals surface area contributed by atoms with Gasteiger partial charge >= 0.3 is 5.97 Å². The summed E-state index contributed by atoms with van der Waals surface area (Å²) in [6.45, 7) is 5.08. The van der Waals surface area contributed by atoms with Crippen LogP contribution in [0.2, 0.25) is 0 Å². The van der Waals surface area contributed by atoms with E-state index >= 15 is 0 Å². The predicted molar refractivity (Wildman–Crippen MR) is 125 cm³/mol. The monoisotopic (exact) mass is 466 g/mol. The Balaban J connectivity index is 2.76. The van der Waals surface area contributed by atoms with E-state index in [0.29, 0.717) is 12.2 Å². The van der Waals surface area contributed by atoms with Crippen molar-refractivity contribution in [2.45, 2.75) is 57.8 Å². The van der Waals surface area contributed by atoms with E-state index in [1.807, 2.05) is 26.2 Å². The molecule has 1 aromatic rings. The van der Waals surface area contributed by atoms with Crippen LogP contribution < -0.4 is 21.7 Å². The fourth-order valence-corrected chi connectivity index (χ4v) is 3.27. The van der Waals surface area contributed by atoms with E-state index in [-0.39, 0.29) is 12.3 Å². The van der Waals surface area contributed by atoms with E-state index in [9.17, 15) is 24.3 Å². The first kappa shape index (κ1) is 27.4. The molecule has 0 spiro atoms. The van der Waals surface area contributed by atoms with Crippen molar-refractivity contribution in [2.24, 2.45) is 11.7 Å². The second kappa shape index (κ2) is 13.7. The molecule has 178 valence electrons. The maximum absolute atomic E-state index is 12.7. The Bertz CT molecular complexity index is 775. The van der Waals surface area contributed by atoms with E-state index in [1.54, 1.807) is 24.3 Å². The van der Waals surface area contributed by atoms with Gasteiger partial charge in [-0.1, -0.05) is 44.2 Å². The molecule has 3 amide bonds. The molecule has 4 atom stereocenters. The molecule has 0 aliphatic carbocycles. The predicted octanol–water partition coefficient (Wildman–Crippen LogP) is 0.524. The van der Waals surface area contributed by atoms with Crippen molar-refractivity contribution in [3.8, 4) is 0 Å². The van der Waals surface area contributed by atoms with Gasteiger partial charge in [0, 0.05) is 6.42 Å². The van der Waals surface area contributed by atoms with Gasteiger partial charge in [0.05, 0.1) is 6.04 Å². The molecule has 6 N–H and O–H groups in total. The number of nitrogens with two attached hydrogens (primary N) is 1. The summed E-state index contributed by atoms with van der Waals surface area (Å²) in [6, 6.07) is 5.19. The highest BCUT2D eigenvalue weighted by atomic mass is 32.2. The van der Waals surface area contributed by atoms with Gasteiger partial charge in [-0.25, -0.2) is 4.79 Å². The van der Waals surface area contributed by atoms with Gasteiger partial charge in [0.15, 0.2) is 0 Å². The van der Waals surface area contributed by atoms with Crippen molar-refractivity contribution in [3.05, 3.63) is 35.9 Å². The first-order valence-corrected chi connectivity index (χ1v) is 11.9. The number of carbonyl (C=O) groups is 4. The fraction of sp³-hybridized carbons (Fsp3) is 0.545. The minimum atomic E-state index is -1.17. The Morgan fingerprint density at radius 1 is 0.938 bits per heavy atom. The van der Waals surface area contributed by atoms with Gasteiger partial charge in [0.2, 0.25) is 17.7 Å². The Morgan fingerprint density at radius 3 is 2.06 bits per heavy atom. The zero-order chi connectivity index (χ0) is 24.3. The van der Waals surface area contributed by atoms with Crippen LogP contribution in [0.15, 0.2) is 30.3 Å². The van der Waals surface area contributed by atoms with Crippen LogP contribution in [-0.2, 0) is 25.6 Å². The van der Waals surface area contributed by atoms with E-state index in [0.717, 1.165) is 5.56 Å². The average Bonchev–Trinajstić information content (AvgIpc) is 2.75. The summed E-state index contributed by atoms with van der Waals surface area (Å²) >= 11 is 1.52. The lowest BCUT2D eigenvalue weighted by Crippen LogP contribution is -2.57. The first-order valence-electron chi connectivity index (χ1n) is 10.5. The topological polar surface area (TPSA) is 151 Å². The number of hydrogen-bond acceptors (Lipinski definition) is 6. The molecular formula is C22H34N4O5S. The molecule has 0 saturated carbocycles. The minimum absolute atomic E-state index is 0.0958. The molecule has 0 fully saturated rings. The highest BCUT2D eigenvalue weighted by Gasteiger charge is 2.28. The highest BCUT2D eigenvalue weighted by molar-refractivity contribution is 7.98. The number of carboxylic acids is 1. The van der Waals surface area contributed by atoms with Crippen molar-refractivity contribution in [2.75, 3.05) is 12.0 Å². The lowest BCUT2D eigenvalue weighted by atomic mass is 10.0. The second-order valence-electron chi connectivity index (χ2n) is 7.93. The minimum Gasteiger partial charge on any atom is -0.480 e. The number of carbonyl (C=O) groups excluding carboxylic acids is 3. The summed E-state index contributed by atoms with van der Waals surface area (Å²) in [5.41, 5.74) is 6.63. The third-order valence-electron chi connectivity index (χ3n) is 4.91. The quantitative estimate of drug-likeness (QED) is 0.284. The van der Waals surface area contributed by atoms with Crippen LogP contribution in [0.25, 0.3) is 0 Å². The first-order chi connectivity index (χ1) is 15.1. The molecule has 0 heterocycles. The number of rotatable bonds is 13. The van der Waals surface area contributed by atoms with Gasteiger partial charge in [-0.3, -0.25) is 14.4 Å². The second-order valence-corrected chi connectivity index (χ2v) is 8.92. The largest absolute Gasteiger partial charge is 0.480 e. The van der Waals surface area contributed by atoms with Crippen LogP contribution in [0.5, 0.6) is 0 Å². The molecule has 32 heavy (non-hydrogen) atoms. The molecule has 10 heteroatoms. The average molecular weight is 467 g/mol. The fourth-order valence-electron chi connectivity index (χ4n) is 2.80. The van der Waals surface area contributed by atoms with Crippen molar-refractivity contribution in [1.29, 1.82) is 0 Å². The Kier molecular flexibility index (Phi) is 11.8.